The molecule has 1 aliphatic heterocycles. The van der Waals surface area contributed by atoms with E-state index in [1.165, 1.54) is 0 Å². The molecule has 1 unspecified atom stereocenters. The quantitative estimate of drug-likeness (QED) is 0.924. The predicted octanol–water partition coefficient (Wildman–Crippen LogP) is 3.20. The molecule has 3 rings (SSSR count). The van der Waals surface area contributed by atoms with Gasteiger partial charge in [0.2, 0.25) is 0 Å². The molecule has 0 aliphatic carbocycles. The fourth-order valence-corrected chi connectivity index (χ4v) is 2.66. The number of benzene rings is 1. The van der Waals surface area contributed by atoms with E-state index in [-0.39, 0.29) is 12.0 Å². The number of likely N-dealkylation sites (tertiary alicyclic amines) is 1. The first-order chi connectivity index (χ1) is 10.9. The molecule has 1 aromatic carbocycles. The van der Waals surface area contributed by atoms with Gasteiger partial charge >= 0.3 is 6.09 Å². The molecule has 0 saturated carbocycles. The maximum atomic E-state index is 12.1. The summed E-state index contributed by atoms with van der Waals surface area (Å²) >= 11 is 0. The summed E-state index contributed by atoms with van der Waals surface area (Å²) in [4.78, 5) is 17.1. The highest BCUT2D eigenvalue weighted by atomic mass is 16.6. The van der Waals surface area contributed by atoms with Crippen LogP contribution >= 0.6 is 0 Å². The highest BCUT2D eigenvalue weighted by molar-refractivity contribution is 5.68. The van der Waals surface area contributed by atoms with Crippen LogP contribution in [0.2, 0.25) is 0 Å². The van der Waals surface area contributed by atoms with Crippen LogP contribution < -0.4 is 0 Å². The van der Waals surface area contributed by atoms with Crippen molar-refractivity contribution in [3.05, 3.63) is 36.2 Å². The van der Waals surface area contributed by atoms with Gasteiger partial charge in [-0.25, -0.2) is 4.79 Å². The van der Waals surface area contributed by atoms with Gasteiger partial charge in [-0.1, -0.05) is 30.3 Å². The van der Waals surface area contributed by atoms with Gasteiger partial charge in [-0.15, -0.1) is 10.2 Å². The van der Waals surface area contributed by atoms with Crippen molar-refractivity contribution < 1.29 is 9.53 Å². The van der Waals surface area contributed by atoms with Crippen molar-refractivity contribution in [2.24, 2.45) is 0 Å². The average Bonchev–Trinajstić information content (AvgIpc) is 3.16. The van der Waals surface area contributed by atoms with Crippen molar-refractivity contribution in [1.82, 2.24) is 20.1 Å². The van der Waals surface area contributed by atoms with Gasteiger partial charge < -0.3 is 14.6 Å². The molecule has 0 spiro atoms. The summed E-state index contributed by atoms with van der Waals surface area (Å²) in [5.74, 6) is 1.76. The number of amides is 1. The number of nitrogens with zero attached hydrogens (tertiary/aromatic N) is 3. The van der Waals surface area contributed by atoms with Crippen molar-refractivity contribution >= 4 is 6.09 Å². The number of H-pyrrole nitrogens is 1. The summed E-state index contributed by atoms with van der Waals surface area (Å²) in [7, 11) is 0. The molecule has 0 bridgehead atoms. The van der Waals surface area contributed by atoms with Crippen LogP contribution in [0.25, 0.3) is 11.4 Å². The lowest BCUT2D eigenvalue weighted by atomic mass is 10.1. The first kappa shape index (κ1) is 15.5. The molecule has 2 aromatic rings. The Morgan fingerprint density at radius 3 is 2.70 bits per heavy atom. The van der Waals surface area contributed by atoms with Gasteiger partial charge in [0, 0.05) is 24.6 Å². The number of aromatic amines is 1. The Labute approximate surface area is 135 Å². The first-order valence-corrected chi connectivity index (χ1v) is 7.88. The minimum Gasteiger partial charge on any atom is -0.444 e. The number of aromatic nitrogens is 3. The van der Waals surface area contributed by atoms with Gasteiger partial charge in [-0.05, 0) is 27.2 Å². The van der Waals surface area contributed by atoms with Gasteiger partial charge in [-0.2, -0.15) is 0 Å². The molecule has 6 heteroatoms. The molecule has 1 fully saturated rings. The Morgan fingerprint density at radius 2 is 2.00 bits per heavy atom. The maximum absolute atomic E-state index is 12.1. The normalized spacial score (nSPS) is 18.2. The van der Waals surface area contributed by atoms with Gasteiger partial charge in [0.05, 0.1) is 0 Å². The molecule has 0 radical (unpaired) electrons. The van der Waals surface area contributed by atoms with E-state index in [2.05, 4.69) is 15.2 Å². The molecule has 1 aliphatic rings. The van der Waals surface area contributed by atoms with E-state index in [9.17, 15) is 4.79 Å². The van der Waals surface area contributed by atoms with Crippen LogP contribution in [0.3, 0.4) is 0 Å². The van der Waals surface area contributed by atoms with Crippen LogP contribution in [0, 0.1) is 0 Å². The minimum absolute atomic E-state index is 0.174. The number of ether oxygens (including phenoxy) is 1. The van der Waals surface area contributed by atoms with Crippen molar-refractivity contribution in [2.45, 2.75) is 38.7 Å². The SMILES string of the molecule is CC(C)(C)OC(=O)N1CCC(c2nnc(-c3ccccc3)[nH]2)C1. The zero-order valence-electron chi connectivity index (χ0n) is 13.7. The minimum atomic E-state index is -0.470. The summed E-state index contributed by atoms with van der Waals surface area (Å²) in [6.07, 6.45) is 0.602. The molecule has 122 valence electrons. The van der Waals surface area contributed by atoms with Crippen LogP contribution in [0.1, 0.15) is 38.9 Å². The van der Waals surface area contributed by atoms with E-state index < -0.39 is 5.60 Å². The second-order valence-electron chi connectivity index (χ2n) is 6.84. The second kappa shape index (κ2) is 6.02. The van der Waals surface area contributed by atoms with E-state index in [1.807, 2.05) is 51.1 Å². The number of hydrogen-bond donors (Lipinski definition) is 1. The lowest BCUT2D eigenvalue weighted by Gasteiger charge is -2.24. The lowest BCUT2D eigenvalue weighted by Crippen LogP contribution is -2.35. The fourth-order valence-electron chi connectivity index (χ4n) is 2.66. The number of rotatable bonds is 2. The van der Waals surface area contributed by atoms with Crippen LogP contribution in [0.4, 0.5) is 4.79 Å². The Bertz CT molecular complexity index is 675. The Morgan fingerprint density at radius 1 is 1.26 bits per heavy atom. The zero-order valence-corrected chi connectivity index (χ0v) is 13.7. The van der Waals surface area contributed by atoms with E-state index in [4.69, 9.17) is 4.74 Å². The number of nitrogens with one attached hydrogen (secondary N) is 1. The first-order valence-electron chi connectivity index (χ1n) is 7.88. The second-order valence-corrected chi connectivity index (χ2v) is 6.84. The predicted molar refractivity (Wildman–Crippen MR) is 87.0 cm³/mol. The molecule has 1 saturated heterocycles. The summed E-state index contributed by atoms with van der Waals surface area (Å²) in [5.41, 5.74) is 0.537. The van der Waals surface area contributed by atoms with Crippen molar-refractivity contribution in [2.75, 3.05) is 13.1 Å². The molecule has 23 heavy (non-hydrogen) atoms. The van der Waals surface area contributed by atoms with Crippen LogP contribution in [0.5, 0.6) is 0 Å². The standard InChI is InChI=1S/C17H22N4O2/c1-17(2,3)23-16(22)21-10-9-13(11-21)15-18-14(19-20-15)12-7-5-4-6-8-12/h4-8,13H,9-11H2,1-3H3,(H,18,19,20). The van der Waals surface area contributed by atoms with E-state index >= 15 is 0 Å². The molecular weight excluding hydrogens is 292 g/mol. The highest BCUT2D eigenvalue weighted by Crippen LogP contribution is 2.27. The summed E-state index contributed by atoms with van der Waals surface area (Å²) in [6.45, 7) is 6.92. The number of carbonyl (C=O) groups is 1. The lowest BCUT2D eigenvalue weighted by molar-refractivity contribution is 0.0292. The van der Waals surface area contributed by atoms with Crippen molar-refractivity contribution in [1.29, 1.82) is 0 Å². The third kappa shape index (κ3) is 3.70. The summed E-state index contributed by atoms with van der Waals surface area (Å²) in [6, 6.07) is 9.89. The van der Waals surface area contributed by atoms with E-state index in [0.717, 1.165) is 23.6 Å². The largest absolute Gasteiger partial charge is 0.444 e. The maximum Gasteiger partial charge on any atom is 0.410 e. The van der Waals surface area contributed by atoms with Crippen LogP contribution in [-0.4, -0.2) is 44.9 Å². The van der Waals surface area contributed by atoms with Crippen LogP contribution in [0.15, 0.2) is 30.3 Å². The molecule has 6 nitrogen and oxygen atoms in total. The van der Waals surface area contributed by atoms with E-state index in [0.29, 0.717) is 13.1 Å². The molecule has 1 amide bonds. The third-order valence-corrected chi connectivity index (χ3v) is 3.78. The van der Waals surface area contributed by atoms with Gasteiger partial charge in [0.25, 0.3) is 0 Å². The summed E-state index contributed by atoms with van der Waals surface area (Å²) < 4.78 is 5.42. The Kier molecular flexibility index (Phi) is 4.07. The Hall–Kier alpha value is -2.37. The zero-order chi connectivity index (χ0) is 16.4. The average molecular weight is 314 g/mol. The van der Waals surface area contributed by atoms with Gasteiger partial charge in [0.15, 0.2) is 5.82 Å². The topological polar surface area (TPSA) is 71.1 Å². The molecule has 1 N–H and O–H groups in total. The highest BCUT2D eigenvalue weighted by Gasteiger charge is 2.32. The Balaban J connectivity index is 1.66. The molecular formula is C17H22N4O2. The molecule has 1 atom stereocenters. The van der Waals surface area contributed by atoms with Gasteiger partial charge in [-0.3, -0.25) is 0 Å². The van der Waals surface area contributed by atoms with Crippen molar-refractivity contribution in [3.8, 4) is 11.4 Å². The van der Waals surface area contributed by atoms with Crippen LogP contribution in [-0.2, 0) is 4.74 Å². The molecule has 1 aromatic heterocycles. The summed E-state index contributed by atoms with van der Waals surface area (Å²) in [5, 5.41) is 8.48. The monoisotopic (exact) mass is 314 g/mol. The molecule has 2 heterocycles. The number of carbonyl (C=O) groups excluding carboxylic acids is 1. The third-order valence-electron chi connectivity index (χ3n) is 3.78. The van der Waals surface area contributed by atoms with Crippen molar-refractivity contribution in [3.63, 3.8) is 0 Å². The van der Waals surface area contributed by atoms with Gasteiger partial charge in [0.1, 0.15) is 11.4 Å². The smallest absolute Gasteiger partial charge is 0.410 e. The van der Waals surface area contributed by atoms with E-state index in [1.54, 1.807) is 4.90 Å². The number of hydrogen-bond acceptors (Lipinski definition) is 4. The fraction of sp³-hybridized carbons (Fsp3) is 0.471.